The molecule has 2 N–H and O–H groups in total. The van der Waals surface area contributed by atoms with E-state index in [1.807, 2.05) is 0 Å². The monoisotopic (exact) mass is 265 g/mol. The zero-order valence-corrected chi connectivity index (χ0v) is 10.1. The molecule has 0 heterocycles. The molecule has 0 saturated carbocycles. The van der Waals surface area contributed by atoms with Gasteiger partial charge in [0.05, 0.1) is 12.2 Å². The fraction of sp³-hybridized carbons (Fsp3) is 0.500. The van der Waals surface area contributed by atoms with Gasteiger partial charge in [-0.3, -0.25) is 0 Å². The highest BCUT2D eigenvalue weighted by atomic mass is 19.4. The number of hydrogen-bond donors (Lipinski definition) is 2. The molecule has 0 atom stereocenters. The topological polar surface area (TPSA) is 32.3 Å². The molecule has 18 heavy (non-hydrogen) atoms. The van der Waals surface area contributed by atoms with Crippen LogP contribution < -0.4 is 5.32 Å². The van der Waals surface area contributed by atoms with Gasteiger partial charge in [-0.1, -0.05) is 6.07 Å². The minimum Gasteiger partial charge on any atom is -0.394 e. The number of alkyl halides is 3. The Morgan fingerprint density at radius 3 is 2.33 bits per heavy atom. The zero-order chi connectivity index (χ0) is 14.0. The van der Waals surface area contributed by atoms with Gasteiger partial charge >= 0.3 is 6.18 Å². The number of aliphatic hydroxyl groups excluding tert-OH is 1. The van der Waals surface area contributed by atoms with E-state index in [2.05, 4.69) is 5.32 Å². The van der Waals surface area contributed by atoms with E-state index >= 15 is 0 Å². The fourth-order valence-corrected chi connectivity index (χ4v) is 1.36. The molecule has 0 aliphatic heterocycles. The van der Waals surface area contributed by atoms with Gasteiger partial charge in [0.1, 0.15) is 5.82 Å². The maximum atomic E-state index is 12.9. The predicted molar refractivity (Wildman–Crippen MR) is 59.4 cm³/mol. The van der Waals surface area contributed by atoms with Crippen molar-refractivity contribution in [2.24, 2.45) is 0 Å². The molecule has 2 nitrogen and oxygen atoms in total. The second-order valence-corrected chi connectivity index (χ2v) is 4.69. The van der Waals surface area contributed by atoms with E-state index in [1.54, 1.807) is 13.8 Å². The van der Waals surface area contributed by atoms with Crippen molar-refractivity contribution in [1.29, 1.82) is 0 Å². The first kappa shape index (κ1) is 14.9. The zero-order valence-electron chi connectivity index (χ0n) is 10.1. The van der Waals surface area contributed by atoms with Crippen molar-refractivity contribution in [2.75, 3.05) is 6.61 Å². The summed E-state index contributed by atoms with van der Waals surface area (Å²) in [5.41, 5.74) is -1.74. The van der Waals surface area contributed by atoms with Crippen LogP contribution in [0.15, 0.2) is 18.2 Å². The Morgan fingerprint density at radius 1 is 1.22 bits per heavy atom. The smallest absolute Gasteiger partial charge is 0.394 e. The third-order valence-electron chi connectivity index (χ3n) is 2.53. The van der Waals surface area contributed by atoms with E-state index in [-0.39, 0.29) is 18.7 Å². The number of halogens is 4. The molecule has 0 spiro atoms. The van der Waals surface area contributed by atoms with Crippen molar-refractivity contribution in [1.82, 2.24) is 5.32 Å². The van der Waals surface area contributed by atoms with E-state index in [0.717, 1.165) is 12.1 Å². The minimum atomic E-state index is -4.59. The number of hydrogen-bond acceptors (Lipinski definition) is 2. The number of rotatable bonds is 4. The summed E-state index contributed by atoms with van der Waals surface area (Å²) in [5.74, 6) is -0.924. The maximum absolute atomic E-state index is 12.9. The van der Waals surface area contributed by atoms with Crippen LogP contribution in [0, 0.1) is 5.82 Å². The lowest BCUT2D eigenvalue weighted by Crippen LogP contribution is -2.42. The molecule has 0 aliphatic carbocycles. The van der Waals surface area contributed by atoms with Crippen LogP contribution in [0.25, 0.3) is 0 Å². The third-order valence-corrected chi connectivity index (χ3v) is 2.53. The highest BCUT2D eigenvalue weighted by Crippen LogP contribution is 2.32. The Morgan fingerprint density at radius 2 is 1.83 bits per heavy atom. The molecule has 1 aromatic carbocycles. The van der Waals surface area contributed by atoms with Gasteiger partial charge in [0.2, 0.25) is 0 Å². The Bertz CT molecular complexity index is 415. The van der Waals surface area contributed by atoms with Gasteiger partial charge in [0.25, 0.3) is 0 Å². The minimum absolute atomic E-state index is 0.0505. The van der Waals surface area contributed by atoms with Crippen LogP contribution in [-0.2, 0) is 12.7 Å². The molecule has 0 radical (unpaired) electrons. The van der Waals surface area contributed by atoms with Crippen molar-refractivity contribution in [3.8, 4) is 0 Å². The van der Waals surface area contributed by atoms with E-state index in [1.165, 1.54) is 0 Å². The molecule has 0 unspecified atom stereocenters. The third kappa shape index (κ3) is 3.96. The molecule has 0 aromatic heterocycles. The summed E-state index contributed by atoms with van der Waals surface area (Å²) in [6, 6.07) is 2.56. The molecule has 6 heteroatoms. The lowest BCUT2D eigenvalue weighted by molar-refractivity contribution is -0.138. The molecular formula is C12H15F4NO. The summed E-state index contributed by atoms with van der Waals surface area (Å²) < 4.78 is 50.9. The van der Waals surface area contributed by atoms with Crippen LogP contribution in [0.1, 0.15) is 25.0 Å². The van der Waals surface area contributed by atoms with Crippen LogP contribution >= 0.6 is 0 Å². The van der Waals surface area contributed by atoms with Gasteiger partial charge in [-0.05, 0) is 31.5 Å². The van der Waals surface area contributed by atoms with Crippen molar-refractivity contribution in [3.05, 3.63) is 35.1 Å². The summed E-state index contributed by atoms with van der Waals surface area (Å²) in [4.78, 5) is 0. The summed E-state index contributed by atoms with van der Waals surface area (Å²) >= 11 is 0. The molecule has 1 rings (SSSR count). The summed E-state index contributed by atoms with van der Waals surface area (Å²) in [6.07, 6.45) is -4.59. The van der Waals surface area contributed by atoms with E-state index in [0.29, 0.717) is 6.07 Å². The van der Waals surface area contributed by atoms with Gasteiger partial charge < -0.3 is 10.4 Å². The molecule has 0 saturated heterocycles. The first-order valence-electron chi connectivity index (χ1n) is 5.37. The van der Waals surface area contributed by atoms with Crippen LogP contribution in [0.4, 0.5) is 17.6 Å². The Labute approximate surface area is 103 Å². The second kappa shape index (κ2) is 5.24. The standard InChI is InChI=1S/C12H15F4NO/c1-11(2,7-18)17-6-8-3-4-9(13)5-10(8)12(14,15)16/h3-5,17-18H,6-7H2,1-2H3. The van der Waals surface area contributed by atoms with Gasteiger partial charge in [-0.15, -0.1) is 0 Å². The van der Waals surface area contributed by atoms with Gasteiger partial charge in [-0.25, -0.2) is 4.39 Å². The predicted octanol–water partition coefficient (Wildman–Crippen LogP) is 2.71. The maximum Gasteiger partial charge on any atom is 0.416 e. The molecule has 0 fully saturated rings. The second-order valence-electron chi connectivity index (χ2n) is 4.69. The van der Waals surface area contributed by atoms with Crippen molar-refractivity contribution in [2.45, 2.75) is 32.1 Å². The quantitative estimate of drug-likeness (QED) is 0.820. The van der Waals surface area contributed by atoms with Gasteiger partial charge in [-0.2, -0.15) is 13.2 Å². The van der Waals surface area contributed by atoms with Crippen molar-refractivity contribution >= 4 is 0 Å². The van der Waals surface area contributed by atoms with Crippen LogP contribution in [0.3, 0.4) is 0 Å². The first-order valence-corrected chi connectivity index (χ1v) is 5.37. The highest BCUT2D eigenvalue weighted by molar-refractivity contribution is 5.30. The largest absolute Gasteiger partial charge is 0.416 e. The Balaban J connectivity index is 2.96. The lowest BCUT2D eigenvalue weighted by atomic mass is 10.0. The van der Waals surface area contributed by atoms with Gasteiger partial charge in [0.15, 0.2) is 0 Å². The van der Waals surface area contributed by atoms with E-state index in [4.69, 9.17) is 5.11 Å². The average molecular weight is 265 g/mol. The van der Waals surface area contributed by atoms with Crippen molar-refractivity contribution in [3.63, 3.8) is 0 Å². The molecule has 0 amide bonds. The molecule has 0 bridgehead atoms. The summed E-state index contributed by atoms with van der Waals surface area (Å²) in [5, 5.41) is 11.8. The van der Waals surface area contributed by atoms with Crippen LogP contribution in [-0.4, -0.2) is 17.3 Å². The lowest BCUT2D eigenvalue weighted by Gasteiger charge is -2.24. The molecule has 102 valence electrons. The Hall–Kier alpha value is -1.14. The van der Waals surface area contributed by atoms with Crippen LogP contribution in [0.2, 0.25) is 0 Å². The molecule has 0 aliphatic rings. The van der Waals surface area contributed by atoms with Crippen molar-refractivity contribution < 1.29 is 22.7 Å². The number of benzene rings is 1. The van der Waals surface area contributed by atoms with Gasteiger partial charge in [0, 0.05) is 12.1 Å². The molecular weight excluding hydrogens is 250 g/mol. The first-order chi connectivity index (χ1) is 8.15. The van der Waals surface area contributed by atoms with E-state index < -0.39 is 23.1 Å². The van der Waals surface area contributed by atoms with E-state index in [9.17, 15) is 17.6 Å². The van der Waals surface area contributed by atoms with Crippen LogP contribution in [0.5, 0.6) is 0 Å². The number of aliphatic hydroxyl groups is 1. The number of nitrogens with one attached hydrogen (secondary N) is 1. The normalized spacial score (nSPS) is 12.8. The summed E-state index contributed by atoms with van der Waals surface area (Å²) in [7, 11) is 0. The fourth-order valence-electron chi connectivity index (χ4n) is 1.36. The average Bonchev–Trinajstić information content (AvgIpc) is 2.26. The SMILES string of the molecule is CC(C)(CO)NCc1ccc(F)cc1C(F)(F)F. The highest BCUT2D eigenvalue weighted by Gasteiger charge is 2.33. The molecule has 1 aromatic rings. The Kier molecular flexibility index (Phi) is 4.34. The summed E-state index contributed by atoms with van der Waals surface area (Å²) in [6.45, 7) is 3.01.